The Kier molecular flexibility index (Phi) is 4.37. The normalized spacial score (nSPS) is 21.1. The number of piperidine rings is 1. The van der Waals surface area contributed by atoms with Gasteiger partial charge in [-0.2, -0.15) is 20.3 Å². The van der Waals surface area contributed by atoms with E-state index in [1.165, 1.54) is 0 Å². The second-order valence-electron chi connectivity index (χ2n) is 6.57. The summed E-state index contributed by atoms with van der Waals surface area (Å²) in [6.07, 6.45) is 4.09. The van der Waals surface area contributed by atoms with Crippen LogP contribution in [0.5, 0.6) is 0 Å². The van der Waals surface area contributed by atoms with Gasteiger partial charge in [-0.25, -0.2) is 0 Å². The van der Waals surface area contributed by atoms with Crippen LogP contribution in [0.2, 0.25) is 0 Å². The fraction of sp³-hybridized carbons (Fsp3) is 0.688. The van der Waals surface area contributed by atoms with Crippen molar-refractivity contribution in [1.82, 2.24) is 25.4 Å². The summed E-state index contributed by atoms with van der Waals surface area (Å²) in [6, 6.07) is 0. The maximum atomic E-state index is 12.1. The largest absolute Gasteiger partial charge is 0.466 e. The van der Waals surface area contributed by atoms with E-state index in [-0.39, 0.29) is 11.9 Å². The highest BCUT2D eigenvalue weighted by Crippen LogP contribution is 2.28. The summed E-state index contributed by atoms with van der Waals surface area (Å²) in [7, 11) is 0. The molecule has 0 amide bonds. The number of hydrogen-bond donors (Lipinski definition) is 1. The molecule has 2 aromatic heterocycles. The minimum atomic E-state index is -0.130. The van der Waals surface area contributed by atoms with Crippen LogP contribution in [0.1, 0.15) is 32.6 Å². The van der Waals surface area contributed by atoms with Gasteiger partial charge in [0.2, 0.25) is 11.6 Å². The molecule has 2 aliphatic heterocycles. The summed E-state index contributed by atoms with van der Waals surface area (Å²) in [6.45, 7) is 5.62. The molecule has 2 aliphatic rings. The van der Waals surface area contributed by atoms with Gasteiger partial charge in [0.1, 0.15) is 0 Å². The van der Waals surface area contributed by atoms with Crippen molar-refractivity contribution in [3.05, 3.63) is 0 Å². The van der Waals surface area contributed by atoms with Gasteiger partial charge in [0.15, 0.2) is 11.3 Å². The second-order valence-corrected chi connectivity index (χ2v) is 6.57. The number of esters is 1. The molecular formula is C16H23N7O2. The molecule has 4 rings (SSSR count). The first kappa shape index (κ1) is 16.0. The average molecular weight is 345 g/mol. The number of nitrogens with zero attached hydrogens (tertiary/aromatic N) is 6. The van der Waals surface area contributed by atoms with Crippen LogP contribution < -0.4 is 9.80 Å². The van der Waals surface area contributed by atoms with E-state index in [0.29, 0.717) is 30.3 Å². The van der Waals surface area contributed by atoms with Gasteiger partial charge in [-0.15, -0.1) is 5.10 Å². The molecule has 1 atom stereocenters. The molecule has 9 heteroatoms. The lowest BCUT2D eigenvalue weighted by Gasteiger charge is -2.32. The van der Waals surface area contributed by atoms with Crippen LogP contribution in [0.4, 0.5) is 11.8 Å². The maximum absolute atomic E-state index is 12.1. The zero-order valence-electron chi connectivity index (χ0n) is 14.4. The Hall–Kier alpha value is -2.45. The van der Waals surface area contributed by atoms with E-state index in [9.17, 15) is 4.79 Å². The first-order valence-corrected chi connectivity index (χ1v) is 9.01. The molecule has 0 saturated carbocycles. The van der Waals surface area contributed by atoms with E-state index < -0.39 is 0 Å². The Morgan fingerprint density at radius 2 is 1.96 bits per heavy atom. The summed E-state index contributed by atoms with van der Waals surface area (Å²) >= 11 is 0. The molecule has 2 fully saturated rings. The summed E-state index contributed by atoms with van der Waals surface area (Å²) in [5, 5.41) is 11.0. The van der Waals surface area contributed by atoms with Gasteiger partial charge < -0.3 is 14.5 Å². The van der Waals surface area contributed by atoms with Crippen molar-refractivity contribution in [3.8, 4) is 0 Å². The van der Waals surface area contributed by atoms with Crippen molar-refractivity contribution in [2.45, 2.75) is 32.6 Å². The van der Waals surface area contributed by atoms with Gasteiger partial charge in [0.05, 0.1) is 12.5 Å². The van der Waals surface area contributed by atoms with Crippen molar-refractivity contribution in [1.29, 1.82) is 0 Å². The summed E-state index contributed by atoms with van der Waals surface area (Å²) < 4.78 is 5.19. The first-order valence-electron chi connectivity index (χ1n) is 9.01. The van der Waals surface area contributed by atoms with Crippen LogP contribution in [0.3, 0.4) is 0 Å². The number of aromatic amines is 1. The minimum Gasteiger partial charge on any atom is -0.466 e. The Bertz CT molecular complexity index is 756. The molecule has 25 heavy (non-hydrogen) atoms. The van der Waals surface area contributed by atoms with E-state index in [0.717, 1.165) is 51.1 Å². The quantitative estimate of drug-likeness (QED) is 0.823. The predicted octanol–water partition coefficient (Wildman–Crippen LogP) is 1.13. The first-order chi connectivity index (χ1) is 12.3. The number of rotatable bonds is 4. The zero-order valence-corrected chi connectivity index (χ0v) is 14.4. The fourth-order valence-electron chi connectivity index (χ4n) is 3.62. The van der Waals surface area contributed by atoms with E-state index in [4.69, 9.17) is 9.72 Å². The predicted molar refractivity (Wildman–Crippen MR) is 92.5 cm³/mol. The van der Waals surface area contributed by atoms with Crippen LogP contribution in [-0.2, 0) is 9.53 Å². The molecule has 0 aromatic carbocycles. The van der Waals surface area contributed by atoms with Crippen molar-refractivity contribution in [2.24, 2.45) is 5.92 Å². The highest BCUT2D eigenvalue weighted by Gasteiger charge is 2.29. The number of H-pyrrole nitrogens is 1. The average Bonchev–Trinajstić information content (AvgIpc) is 3.33. The third-order valence-corrected chi connectivity index (χ3v) is 4.88. The third-order valence-electron chi connectivity index (χ3n) is 4.88. The number of fused-ring (bicyclic) bond motifs is 1. The number of carbonyl (C=O) groups is 1. The summed E-state index contributed by atoms with van der Waals surface area (Å²) in [5.74, 6) is 1.21. The number of aromatic nitrogens is 5. The second kappa shape index (κ2) is 6.81. The molecule has 2 saturated heterocycles. The summed E-state index contributed by atoms with van der Waals surface area (Å²) in [4.78, 5) is 25.8. The molecule has 0 radical (unpaired) electrons. The lowest BCUT2D eigenvalue weighted by Crippen LogP contribution is -2.40. The van der Waals surface area contributed by atoms with Crippen LogP contribution in [-0.4, -0.2) is 64.1 Å². The number of ether oxygens (including phenoxy) is 1. The van der Waals surface area contributed by atoms with Crippen molar-refractivity contribution in [3.63, 3.8) is 0 Å². The van der Waals surface area contributed by atoms with Crippen molar-refractivity contribution in [2.75, 3.05) is 42.6 Å². The monoisotopic (exact) mass is 345 g/mol. The highest BCUT2D eigenvalue weighted by atomic mass is 16.5. The number of carbonyl (C=O) groups excluding carboxylic acids is 1. The number of anilines is 2. The topological polar surface area (TPSA) is 100 Å². The Morgan fingerprint density at radius 3 is 2.76 bits per heavy atom. The van der Waals surface area contributed by atoms with Gasteiger partial charge in [-0.3, -0.25) is 4.79 Å². The number of nitrogens with one attached hydrogen (secondary N) is 1. The molecule has 0 bridgehead atoms. The lowest BCUT2D eigenvalue weighted by molar-refractivity contribution is -0.148. The van der Waals surface area contributed by atoms with E-state index >= 15 is 0 Å². The van der Waals surface area contributed by atoms with Crippen LogP contribution in [0.25, 0.3) is 11.2 Å². The molecule has 0 aliphatic carbocycles. The maximum Gasteiger partial charge on any atom is 0.310 e. The van der Waals surface area contributed by atoms with Crippen LogP contribution in [0.15, 0.2) is 0 Å². The lowest BCUT2D eigenvalue weighted by atomic mass is 9.98. The van der Waals surface area contributed by atoms with Gasteiger partial charge in [0, 0.05) is 26.2 Å². The molecule has 4 heterocycles. The van der Waals surface area contributed by atoms with Crippen molar-refractivity contribution < 1.29 is 9.53 Å². The van der Waals surface area contributed by atoms with E-state index in [2.05, 4.69) is 30.2 Å². The van der Waals surface area contributed by atoms with Gasteiger partial charge >= 0.3 is 5.97 Å². The minimum absolute atomic E-state index is 0.124. The zero-order chi connectivity index (χ0) is 17.2. The molecule has 134 valence electrons. The SMILES string of the molecule is CCOC(=O)[C@@H]1CCCN(c2nc(N3CCCC3)c3n[nH]nc3n2)C1. The van der Waals surface area contributed by atoms with Gasteiger partial charge in [-0.1, -0.05) is 0 Å². The molecule has 0 unspecified atom stereocenters. The molecule has 2 aromatic rings. The molecule has 9 nitrogen and oxygen atoms in total. The Morgan fingerprint density at radius 1 is 1.16 bits per heavy atom. The van der Waals surface area contributed by atoms with E-state index in [1.807, 2.05) is 6.92 Å². The van der Waals surface area contributed by atoms with Gasteiger partial charge in [-0.05, 0) is 32.6 Å². The highest BCUT2D eigenvalue weighted by molar-refractivity contribution is 5.84. The molecule has 1 N–H and O–H groups in total. The van der Waals surface area contributed by atoms with Crippen LogP contribution >= 0.6 is 0 Å². The van der Waals surface area contributed by atoms with Crippen LogP contribution in [0, 0.1) is 5.92 Å². The third kappa shape index (κ3) is 3.10. The van der Waals surface area contributed by atoms with Gasteiger partial charge in [0.25, 0.3) is 0 Å². The Labute approximate surface area is 145 Å². The Balaban J connectivity index is 1.63. The number of hydrogen-bond acceptors (Lipinski definition) is 8. The smallest absolute Gasteiger partial charge is 0.310 e. The fourth-order valence-corrected chi connectivity index (χ4v) is 3.62. The summed E-state index contributed by atoms with van der Waals surface area (Å²) in [5.41, 5.74) is 1.29. The standard InChI is InChI=1S/C16H23N7O2/c1-2-25-15(24)11-6-5-9-23(10-11)16-17-13-12(19-21-20-13)14(18-16)22-7-3-4-8-22/h11H,2-10H2,1H3,(H,17,18,19,20,21)/t11-/m1/s1. The van der Waals surface area contributed by atoms with Crippen molar-refractivity contribution >= 4 is 28.9 Å². The van der Waals surface area contributed by atoms with E-state index in [1.54, 1.807) is 0 Å². The molecular weight excluding hydrogens is 322 g/mol. The molecule has 0 spiro atoms.